The van der Waals surface area contributed by atoms with E-state index < -0.39 is 0 Å². The van der Waals surface area contributed by atoms with Crippen LogP contribution in [-0.2, 0) is 17.6 Å². The quantitative estimate of drug-likeness (QED) is 0.118. The highest BCUT2D eigenvalue weighted by molar-refractivity contribution is 9.10. The molecule has 4 aliphatic rings. The minimum atomic E-state index is -0.230. The van der Waals surface area contributed by atoms with Crippen molar-refractivity contribution in [1.82, 2.24) is 34.1 Å². The Morgan fingerprint density at radius 3 is 1.79 bits per heavy atom. The minimum Gasteiger partial charge on any atom is -0.489 e. The number of rotatable bonds is 8. The molecular formula is C64H53BrN10O. The molecule has 11 nitrogen and oxygen atoms in total. The SMILES string of the molecule is CC1(c2ccc(-c3c(Br)nc4n3-c3cccnc3Nc3ccccc3-4)cc2)CCC1.NC1(c2ccc(-c3c(-c4cc5ccc(OCc6ccccc6)cc5[nH]4)nc4n3-c3cccnc3Nc3ccccc3-4)cc2)CCC1. The van der Waals surface area contributed by atoms with Gasteiger partial charge >= 0.3 is 0 Å². The van der Waals surface area contributed by atoms with Gasteiger partial charge in [-0.3, -0.25) is 9.13 Å². The van der Waals surface area contributed by atoms with Gasteiger partial charge in [0.15, 0.2) is 11.6 Å². The Balaban J connectivity index is 0.000000152. The Morgan fingerprint density at radius 1 is 0.592 bits per heavy atom. The van der Waals surface area contributed by atoms with Crippen molar-refractivity contribution in [2.75, 3.05) is 10.6 Å². The Kier molecular flexibility index (Phi) is 11.1. The van der Waals surface area contributed by atoms with E-state index in [4.69, 9.17) is 25.4 Å². The number of fused-ring (bicyclic) bond motifs is 11. The Labute approximate surface area is 449 Å². The van der Waals surface area contributed by atoms with Gasteiger partial charge in [0.25, 0.3) is 0 Å². The first-order chi connectivity index (χ1) is 37.3. The van der Waals surface area contributed by atoms with Gasteiger partial charge in [-0.15, -0.1) is 0 Å². The molecule has 6 aromatic carbocycles. The van der Waals surface area contributed by atoms with Crippen LogP contribution in [0, 0.1) is 0 Å². The fourth-order valence-electron chi connectivity index (χ4n) is 11.4. The lowest BCUT2D eigenvalue weighted by Crippen LogP contribution is -2.43. The van der Waals surface area contributed by atoms with Crippen LogP contribution >= 0.6 is 15.9 Å². The molecular weight excluding hydrogens is 1000 g/mol. The fraction of sp³-hybridized carbons (Fsp3) is 0.156. The topological polar surface area (TPSA) is 137 Å². The molecule has 2 saturated carbocycles. The smallest absolute Gasteiger partial charge is 0.154 e. The van der Waals surface area contributed by atoms with Gasteiger partial charge in [0.1, 0.15) is 34.3 Å². The number of benzene rings is 6. The number of pyridine rings is 2. The van der Waals surface area contributed by atoms with E-state index in [0.717, 1.165) is 131 Å². The molecule has 0 radical (unpaired) electrons. The predicted octanol–water partition coefficient (Wildman–Crippen LogP) is 15.6. The van der Waals surface area contributed by atoms with Gasteiger partial charge in [-0.05, 0) is 137 Å². The molecule has 0 spiro atoms. The number of halogens is 1. The summed E-state index contributed by atoms with van der Waals surface area (Å²) in [4.78, 5) is 23.4. The van der Waals surface area contributed by atoms with Crippen LogP contribution in [0.25, 0.3) is 79.0 Å². The van der Waals surface area contributed by atoms with Crippen molar-refractivity contribution in [3.8, 4) is 73.8 Å². The summed E-state index contributed by atoms with van der Waals surface area (Å²) in [7, 11) is 0. The van der Waals surface area contributed by atoms with Crippen LogP contribution in [0.5, 0.6) is 5.75 Å². The minimum absolute atomic E-state index is 0.230. The van der Waals surface area contributed by atoms with Crippen molar-refractivity contribution in [2.24, 2.45) is 5.73 Å². The summed E-state index contributed by atoms with van der Waals surface area (Å²) < 4.78 is 11.5. The molecule has 372 valence electrons. The zero-order valence-corrected chi connectivity index (χ0v) is 43.5. The van der Waals surface area contributed by atoms with E-state index >= 15 is 0 Å². The lowest BCUT2D eigenvalue weighted by molar-refractivity contribution is 0.253. The molecule has 5 N–H and O–H groups in total. The van der Waals surface area contributed by atoms with E-state index in [-0.39, 0.29) is 5.54 Å². The van der Waals surface area contributed by atoms with Crippen LogP contribution < -0.4 is 21.1 Å². The van der Waals surface area contributed by atoms with E-state index in [1.807, 2.05) is 67.0 Å². The number of para-hydroxylation sites is 2. The molecule has 0 unspecified atom stereocenters. The molecule has 76 heavy (non-hydrogen) atoms. The number of nitrogens with one attached hydrogen (secondary N) is 3. The molecule has 15 rings (SSSR count). The van der Waals surface area contributed by atoms with Gasteiger partial charge in [-0.1, -0.05) is 116 Å². The molecule has 2 aliphatic carbocycles. The maximum absolute atomic E-state index is 6.72. The molecule has 2 fully saturated rings. The van der Waals surface area contributed by atoms with Crippen LogP contribution in [0.15, 0.2) is 193 Å². The molecule has 7 heterocycles. The summed E-state index contributed by atoms with van der Waals surface area (Å²) in [5.74, 6) is 4.18. The summed E-state index contributed by atoms with van der Waals surface area (Å²) >= 11 is 3.75. The van der Waals surface area contributed by atoms with E-state index in [1.165, 1.54) is 36.8 Å². The van der Waals surface area contributed by atoms with Crippen LogP contribution in [-0.4, -0.2) is 34.1 Å². The second kappa shape index (κ2) is 18.4. The highest BCUT2D eigenvalue weighted by atomic mass is 79.9. The maximum atomic E-state index is 6.72. The third-order valence-electron chi connectivity index (χ3n) is 16.0. The monoisotopic (exact) mass is 1060 g/mol. The molecule has 12 heteroatoms. The fourth-order valence-corrected chi connectivity index (χ4v) is 12.0. The first-order valence-corrected chi connectivity index (χ1v) is 26.9. The zero-order chi connectivity index (χ0) is 51.0. The van der Waals surface area contributed by atoms with E-state index in [2.05, 4.69) is 174 Å². The van der Waals surface area contributed by atoms with E-state index in [9.17, 15) is 0 Å². The van der Waals surface area contributed by atoms with Crippen LogP contribution in [0.2, 0.25) is 0 Å². The van der Waals surface area contributed by atoms with Crippen molar-refractivity contribution in [1.29, 1.82) is 0 Å². The largest absolute Gasteiger partial charge is 0.489 e. The van der Waals surface area contributed by atoms with Crippen molar-refractivity contribution >= 4 is 49.8 Å². The summed E-state index contributed by atoms with van der Waals surface area (Å²) in [6.45, 7) is 2.88. The maximum Gasteiger partial charge on any atom is 0.154 e. The second-order valence-corrected chi connectivity index (χ2v) is 21.5. The standard InChI is InChI=1S/C39H32N6O.C25H21BrN4/c40-39(19-7-20-39)28-16-13-26(14-17-28)36-35(33-22-27-15-18-29(23-32(27)42-33)46-24-25-8-2-1-3-9-25)44-38-30-10-4-5-11-31(30)43-37-34(45(36)38)12-6-21-41-37;1-25(13-5-14-25)17-11-9-16(10-12-17)21-22(26)29-24-18-6-2-3-7-19(18)28-23-20(30(21)24)8-4-15-27-23/h1-6,8-18,21-23,42H,7,19-20,24,40H2,(H,41,43);2-4,6-12,15H,5,13-14H2,1H3,(H,27,28). The average molecular weight is 1060 g/mol. The van der Waals surface area contributed by atoms with Crippen LogP contribution in [0.4, 0.5) is 23.0 Å². The van der Waals surface area contributed by atoms with Crippen molar-refractivity contribution < 1.29 is 4.74 Å². The Morgan fingerprint density at radius 2 is 1.17 bits per heavy atom. The molecule has 5 aromatic heterocycles. The van der Waals surface area contributed by atoms with Crippen LogP contribution in [0.1, 0.15) is 62.1 Å². The lowest BCUT2D eigenvalue weighted by atomic mass is 9.66. The van der Waals surface area contributed by atoms with E-state index in [0.29, 0.717) is 12.0 Å². The normalized spacial score (nSPS) is 14.9. The zero-order valence-electron chi connectivity index (χ0n) is 41.9. The average Bonchev–Trinajstić information content (AvgIpc) is 4.13. The Hall–Kier alpha value is -8.58. The molecule has 2 aliphatic heterocycles. The number of H-pyrrole nitrogens is 1. The van der Waals surface area contributed by atoms with Gasteiger partial charge in [0, 0.05) is 57.2 Å². The number of nitrogens with two attached hydrogens (primary N) is 1. The summed E-state index contributed by atoms with van der Waals surface area (Å²) in [6.07, 6.45) is 10.7. The van der Waals surface area contributed by atoms with Crippen LogP contribution in [0.3, 0.4) is 0 Å². The molecule has 0 amide bonds. The number of hydrogen-bond acceptors (Lipinski definition) is 8. The molecule has 11 aromatic rings. The first kappa shape index (κ1) is 46.0. The number of hydrogen-bond donors (Lipinski definition) is 4. The van der Waals surface area contributed by atoms with Gasteiger partial charge in [0.05, 0.1) is 39.8 Å². The number of aromatic nitrogens is 7. The third kappa shape index (κ3) is 7.90. The molecule has 0 bridgehead atoms. The predicted molar refractivity (Wildman–Crippen MR) is 308 cm³/mol. The highest BCUT2D eigenvalue weighted by Crippen LogP contribution is 2.48. The van der Waals surface area contributed by atoms with Gasteiger partial charge in [0.2, 0.25) is 0 Å². The van der Waals surface area contributed by atoms with E-state index in [1.54, 1.807) is 0 Å². The first-order valence-electron chi connectivity index (χ1n) is 26.1. The number of aromatic amines is 1. The van der Waals surface area contributed by atoms with Gasteiger partial charge in [-0.25, -0.2) is 19.9 Å². The molecule has 0 atom stereocenters. The number of anilines is 4. The third-order valence-corrected chi connectivity index (χ3v) is 16.6. The second-order valence-electron chi connectivity index (χ2n) is 20.7. The number of nitrogens with zero attached hydrogens (tertiary/aromatic N) is 6. The van der Waals surface area contributed by atoms with Gasteiger partial charge < -0.3 is 26.1 Å². The summed E-state index contributed by atoms with van der Waals surface area (Å²) in [6, 6.07) is 61.0. The van der Waals surface area contributed by atoms with Gasteiger partial charge in [-0.2, -0.15) is 0 Å². The highest BCUT2D eigenvalue weighted by Gasteiger charge is 2.36. The van der Waals surface area contributed by atoms with Crippen molar-refractivity contribution in [2.45, 2.75) is 63.0 Å². The van der Waals surface area contributed by atoms with Crippen molar-refractivity contribution in [3.63, 3.8) is 0 Å². The lowest BCUT2D eigenvalue weighted by Gasteiger charge is -2.39. The van der Waals surface area contributed by atoms with Crippen molar-refractivity contribution in [3.05, 3.63) is 210 Å². The summed E-state index contributed by atoms with van der Waals surface area (Å²) in [5.41, 5.74) is 23.6. The molecule has 0 saturated heterocycles. The summed E-state index contributed by atoms with van der Waals surface area (Å²) in [5, 5.41) is 8.14. The number of imidazole rings is 2. The Bertz CT molecular complexity index is 4000. The number of ether oxygens (including phenoxy) is 1.